The van der Waals surface area contributed by atoms with Crippen LogP contribution < -0.4 is 0 Å². The van der Waals surface area contributed by atoms with Crippen molar-refractivity contribution >= 4 is 5.97 Å². The van der Waals surface area contributed by atoms with Crippen LogP contribution in [0.5, 0.6) is 0 Å². The number of carbonyl (C=O) groups is 1. The molecular formula is C17H33NO2. The molecule has 0 atom stereocenters. The molecule has 0 heterocycles. The van der Waals surface area contributed by atoms with Crippen LogP contribution in [0.15, 0.2) is 0 Å². The van der Waals surface area contributed by atoms with Crippen LogP contribution in [0.3, 0.4) is 0 Å². The fraction of sp³-hybridized carbons (Fsp3) is 0.941. The molecule has 0 aliphatic heterocycles. The summed E-state index contributed by atoms with van der Waals surface area (Å²) in [6.45, 7) is 7.54. The van der Waals surface area contributed by atoms with Crippen LogP contribution in [0.25, 0.3) is 0 Å². The van der Waals surface area contributed by atoms with E-state index in [0.717, 1.165) is 32.5 Å². The zero-order chi connectivity index (χ0) is 14.6. The fourth-order valence-electron chi connectivity index (χ4n) is 2.78. The van der Waals surface area contributed by atoms with Gasteiger partial charge >= 0.3 is 5.97 Å². The minimum absolute atomic E-state index is 0.00916. The zero-order valence-electron chi connectivity index (χ0n) is 13.5. The van der Waals surface area contributed by atoms with E-state index in [1.54, 1.807) is 0 Å². The van der Waals surface area contributed by atoms with E-state index in [2.05, 4.69) is 18.7 Å². The molecule has 3 nitrogen and oxygen atoms in total. The van der Waals surface area contributed by atoms with E-state index >= 15 is 0 Å². The predicted molar refractivity (Wildman–Crippen MR) is 83.8 cm³/mol. The van der Waals surface area contributed by atoms with Crippen molar-refractivity contribution in [2.24, 2.45) is 0 Å². The van der Waals surface area contributed by atoms with Gasteiger partial charge in [-0.15, -0.1) is 0 Å². The van der Waals surface area contributed by atoms with Crippen LogP contribution >= 0.6 is 0 Å². The molecule has 1 aliphatic rings. The highest BCUT2D eigenvalue weighted by molar-refractivity contribution is 5.69. The molecule has 0 N–H and O–H groups in total. The first-order valence-corrected chi connectivity index (χ1v) is 8.68. The van der Waals surface area contributed by atoms with Gasteiger partial charge in [0.05, 0.1) is 6.42 Å². The Labute approximate surface area is 125 Å². The summed E-state index contributed by atoms with van der Waals surface area (Å²) in [5.41, 5.74) is 0. The van der Waals surface area contributed by atoms with Crippen molar-refractivity contribution in [3.63, 3.8) is 0 Å². The monoisotopic (exact) mass is 283 g/mol. The average molecular weight is 283 g/mol. The van der Waals surface area contributed by atoms with Crippen molar-refractivity contribution in [3.8, 4) is 0 Å². The molecular weight excluding hydrogens is 250 g/mol. The summed E-state index contributed by atoms with van der Waals surface area (Å²) in [4.78, 5) is 14.3. The number of unbranched alkanes of at least 4 members (excludes halogenated alkanes) is 2. The predicted octanol–water partition coefficient (Wildman–Crippen LogP) is 4.15. The molecule has 1 aliphatic carbocycles. The molecule has 0 spiro atoms. The van der Waals surface area contributed by atoms with Crippen molar-refractivity contribution < 1.29 is 9.53 Å². The van der Waals surface area contributed by atoms with Crippen molar-refractivity contribution in [1.82, 2.24) is 4.90 Å². The molecule has 118 valence electrons. The second-order valence-electron chi connectivity index (χ2n) is 6.05. The first kappa shape index (κ1) is 17.5. The Balaban J connectivity index is 2.20. The third-order valence-corrected chi connectivity index (χ3v) is 4.14. The van der Waals surface area contributed by atoms with Crippen LogP contribution in [-0.4, -0.2) is 36.6 Å². The molecule has 0 aromatic carbocycles. The van der Waals surface area contributed by atoms with Crippen molar-refractivity contribution in [1.29, 1.82) is 0 Å². The van der Waals surface area contributed by atoms with Gasteiger partial charge in [-0.05, 0) is 51.6 Å². The lowest BCUT2D eigenvalue weighted by atomic mass is 9.98. The van der Waals surface area contributed by atoms with Crippen LogP contribution in [0.4, 0.5) is 0 Å². The first-order valence-electron chi connectivity index (χ1n) is 8.68. The van der Waals surface area contributed by atoms with Gasteiger partial charge in [0.1, 0.15) is 6.10 Å². The van der Waals surface area contributed by atoms with E-state index < -0.39 is 0 Å². The van der Waals surface area contributed by atoms with Crippen molar-refractivity contribution in [2.45, 2.75) is 84.2 Å². The average Bonchev–Trinajstić information content (AvgIpc) is 2.47. The fourth-order valence-corrected chi connectivity index (χ4v) is 2.78. The lowest BCUT2D eigenvalue weighted by Gasteiger charge is -2.24. The summed E-state index contributed by atoms with van der Waals surface area (Å²) < 4.78 is 5.59. The maximum Gasteiger partial charge on any atom is 0.307 e. The summed E-state index contributed by atoms with van der Waals surface area (Å²) in [5.74, 6) is 0.00916. The van der Waals surface area contributed by atoms with Gasteiger partial charge in [-0.2, -0.15) is 0 Å². The van der Waals surface area contributed by atoms with Gasteiger partial charge < -0.3 is 9.64 Å². The number of nitrogens with zero attached hydrogens (tertiary/aromatic N) is 1. The number of hydrogen-bond donors (Lipinski definition) is 0. The van der Waals surface area contributed by atoms with Crippen LogP contribution in [0.1, 0.15) is 78.1 Å². The SMILES string of the molecule is CCCCN(CCCC)CCC(=O)OC1CCCCC1. The molecule has 1 fully saturated rings. The number of esters is 1. The molecule has 0 aromatic rings. The summed E-state index contributed by atoms with van der Waals surface area (Å²) in [6, 6.07) is 0. The number of hydrogen-bond acceptors (Lipinski definition) is 3. The molecule has 0 bridgehead atoms. The van der Waals surface area contributed by atoms with E-state index in [9.17, 15) is 4.79 Å². The molecule has 3 heteroatoms. The molecule has 0 radical (unpaired) electrons. The molecule has 1 saturated carbocycles. The molecule has 0 saturated heterocycles. The lowest BCUT2D eigenvalue weighted by molar-refractivity contribution is -0.150. The summed E-state index contributed by atoms with van der Waals surface area (Å²) in [6.07, 6.45) is 11.5. The van der Waals surface area contributed by atoms with Gasteiger partial charge in [0.15, 0.2) is 0 Å². The smallest absolute Gasteiger partial charge is 0.307 e. The maximum atomic E-state index is 11.9. The zero-order valence-corrected chi connectivity index (χ0v) is 13.5. The second-order valence-corrected chi connectivity index (χ2v) is 6.05. The number of rotatable bonds is 10. The summed E-state index contributed by atoms with van der Waals surface area (Å²) >= 11 is 0. The van der Waals surface area contributed by atoms with Gasteiger partial charge in [-0.3, -0.25) is 4.79 Å². The highest BCUT2D eigenvalue weighted by Crippen LogP contribution is 2.20. The van der Waals surface area contributed by atoms with Crippen LogP contribution in [0.2, 0.25) is 0 Å². The molecule has 0 aromatic heterocycles. The Kier molecular flexibility index (Phi) is 9.73. The molecule has 1 rings (SSSR count). The summed E-state index contributed by atoms with van der Waals surface area (Å²) in [7, 11) is 0. The van der Waals surface area contributed by atoms with Crippen molar-refractivity contribution in [3.05, 3.63) is 0 Å². The molecule has 0 amide bonds. The topological polar surface area (TPSA) is 29.5 Å². The van der Waals surface area contributed by atoms with Gasteiger partial charge in [0, 0.05) is 6.54 Å². The second kappa shape index (κ2) is 11.1. The Hall–Kier alpha value is -0.570. The standard InChI is InChI=1S/C17H33NO2/c1-3-5-13-18(14-6-4-2)15-12-17(19)20-16-10-8-7-9-11-16/h16H,3-15H2,1-2H3. The highest BCUT2D eigenvalue weighted by Gasteiger charge is 2.18. The van der Waals surface area contributed by atoms with Gasteiger partial charge in [-0.25, -0.2) is 0 Å². The van der Waals surface area contributed by atoms with Gasteiger partial charge in [0.25, 0.3) is 0 Å². The van der Waals surface area contributed by atoms with Crippen LogP contribution in [0, 0.1) is 0 Å². The Morgan fingerprint density at radius 2 is 1.60 bits per heavy atom. The third kappa shape index (κ3) is 7.88. The molecule has 20 heavy (non-hydrogen) atoms. The van der Waals surface area contributed by atoms with Gasteiger partial charge in [-0.1, -0.05) is 33.1 Å². The normalized spacial score (nSPS) is 16.6. The van der Waals surface area contributed by atoms with Crippen LogP contribution in [-0.2, 0) is 9.53 Å². The quantitative estimate of drug-likeness (QED) is 0.564. The third-order valence-electron chi connectivity index (χ3n) is 4.14. The Morgan fingerprint density at radius 3 is 2.15 bits per heavy atom. The lowest BCUT2D eigenvalue weighted by Crippen LogP contribution is -2.30. The minimum Gasteiger partial charge on any atom is -0.462 e. The molecule has 0 unspecified atom stereocenters. The van der Waals surface area contributed by atoms with E-state index in [1.165, 1.54) is 44.9 Å². The largest absolute Gasteiger partial charge is 0.462 e. The minimum atomic E-state index is 0.00916. The Morgan fingerprint density at radius 1 is 1.00 bits per heavy atom. The van der Waals surface area contributed by atoms with Crippen molar-refractivity contribution in [2.75, 3.05) is 19.6 Å². The van der Waals surface area contributed by atoms with E-state index in [4.69, 9.17) is 4.74 Å². The van der Waals surface area contributed by atoms with E-state index in [-0.39, 0.29) is 12.1 Å². The van der Waals surface area contributed by atoms with Gasteiger partial charge in [0.2, 0.25) is 0 Å². The highest BCUT2D eigenvalue weighted by atomic mass is 16.5. The summed E-state index contributed by atoms with van der Waals surface area (Å²) in [5, 5.41) is 0. The number of carbonyl (C=O) groups excluding carboxylic acids is 1. The Bertz CT molecular complexity index is 241. The van der Waals surface area contributed by atoms with E-state index in [0.29, 0.717) is 6.42 Å². The van der Waals surface area contributed by atoms with E-state index in [1.807, 2.05) is 0 Å². The number of ether oxygens (including phenoxy) is 1. The first-order chi connectivity index (χ1) is 9.76. The maximum absolute atomic E-state index is 11.9.